The zero-order chi connectivity index (χ0) is 16.9. The Morgan fingerprint density at radius 1 is 1.21 bits per heavy atom. The topological polar surface area (TPSA) is 87.6 Å². The van der Waals surface area contributed by atoms with Crippen LogP contribution in [0.2, 0.25) is 0 Å². The van der Waals surface area contributed by atoms with Crippen molar-refractivity contribution in [3.63, 3.8) is 0 Å². The van der Waals surface area contributed by atoms with E-state index in [4.69, 9.17) is 0 Å². The zero-order valence-electron chi connectivity index (χ0n) is 13.7. The van der Waals surface area contributed by atoms with Crippen LogP contribution in [0.3, 0.4) is 0 Å². The molecule has 0 saturated heterocycles. The lowest BCUT2D eigenvalue weighted by atomic mass is 10.2. The van der Waals surface area contributed by atoms with E-state index in [9.17, 15) is 4.79 Å². The van der Waals surface area contributed by atoms with Crippen molar-refractivity contribution >= 4 is 23.2 Å². The number of anilines is 3. The molecule has 0 aliphatic heterocycles. The first kappa shape index (κ1) is 15.8. The fourth-order valence-corrected chi connectivity index (χ4v) is 2.35. The highest BCUT2D eigenvalue weighted by molar-refractivity contribution is 6.03. The molecule has 124 valence electrons. The van der Waals surface area contributed by atoms with E-state index >= 15 is 0 Å². The Bertz CT molecular complexity index is 818. The number of aromatic nitrogens is 4. The summed E-state index contributed by atoms with van der Waals surface area (Å²) in [5, 5.41) is 17.2. The number of nitrogens with zero attached hydrogens (tertiary/aromatic N) is 3. The fourth-order valence-electron chi connectivity index (χ4n) is 2.35. The number of aryl methyl sites for hydroxylation is 2. The highest BCUT2D eigenvalue weighted by Gasteiger charge is 2.09. The van der Waals surface area contributed by atoms with E-state index in [-0.39, 0.29) is 5.91 Å². The number of aromatic amines is 1. The van der Waals surface area contributed by atoms with Gasteiger partial charge in [0.25, 0.3) is 5.91 Å². The van der Waals surface area contributed by atoms with Gasteiger partial charge in [-0.05, 0) is 30.7 Å². The summed E-state index contributed by atoms with van der Waals surface area (Å²) in [5.41, 5.74) is 2.46. The number of carbonyl (C=O) groups is 1. The van der Waals surface area contributed by atoms with Crippen LogP contribution in [0.25, 0.3) is 0 Å². The zero-order valence-corrected chi connectivity index (χ0v) is 13.7. The molecular formula is C17H20N6O. The van der Waals surface area contributed by atoms with Gasteiger partial charge in [-0.2, -0.15) is 10.2 Å². The molecule has 0 atom stereocenters. The van der Waals surface area contributed by atoms with Crippen molar-refractivity contribution in [2.24, 2.45) is 7.05 Å². The van der Waals surface area contributed by atoms with E-state index in [0.29, 0.717) is 11.4 Å². The molecule has 0 unspecified atom stereocenters. The van der Waals surface area contributed by atoms with Gasteiger partial charge in [0.15, 0.2) is 11.6 Å². The van der Waals surface area contributed by atoms with Gasteiger partial charge in [0.2, 0.25) is 0 Å². The Morgan fingerprint density at radius 3 is 2.67 bits per heavy atom. The lowest BCUT2D eigenvalue weighted by molar-refractivity contribution is 0.102. The molecule has 1 amide bonds. The first-order valence-electron chi connectivity index (χ1n) is 7.86. The second kappa shape index (κ2) is 6.99. The van der Waals surface area contributed by atoms with Crippen LogP contribution < -0.4 is 10.6 Å². The Kier molecular flexibility index (Phi) is 4.60. The lowest BCUT2D eigenvalue weighted by Crippen LogP contribution is -2.12. The maximum atomic E-state index is 12.3. The van der Waals surface area contributed by atoms with Crippen LogP contribution in [0.1, 0.15) is 29.4 Å². The summed E-state index contributed by atoms with van der Waals surface area (Å²) in [6.45, 7) is 2.10. The summed E-state index contributed by atoms with van der Waals surface area (Å²) in [6, 6.07) is 11.0. The van der Waals surface area contributed by atoms with Crippen molar-refractivity contribution in [3.8, 4) is 0 Å². The lowest BCUT2D eigenvalue weighted by Gasteiger charge is -2.05. The van der Waals surface area contributed by atoms with Crippen LogP contribution in [-0.2, 0) is 13.5 Å². The molecule has 3 N–H and O–H groups in total. The highest BCUT2D eigenvalue weighted by Crippen LogP contribution is 2.16. The Hall–Kier alpha value is -3.09. The molecule has 0 radical (unpaired) electrons. The molecule has 24 heavy (non-hydrogen) atoms. The number of nitrogens with one attached hydrogen (secondary N) is 3. The van der Waals surface area contributed by atoms with E-state index in [2.05, 4.69) is 32.9 Å². The van der Waals surface area contributed by atoms with Crippen LogP contribution in [0.4, 0.5) is 17.3 Å². The van der Waals surface area contributed by atoms with E-state index in [0.717, 1.165) is 30.0 Å². The van der Waals surface area contributed by atoms with Gasteiger partial charge in [-0.3, -0.25) is 14.6 Å². The largest absolute Gasteiger partial charge is 0.339 e. The molecule has 0 spiro atoms. The normalized spacial score (nSPS) is 10.6. The summed E-state index contributed by atoms with van der Waals surface area (Å²) in [4.78, 5) is 12.3. The van der Waals surface area contributed by atoms with Crippen LogP contribution >= 0.6 is 0 Å². The Morgan fingerprint density at radius 2 is 2.00 bits per heavy atom. The Balaban J connectivity index is 1.62. The number of hydrogen-bond donors (Lipinski definition) is 3. The predicted octanol–water partition coefficient (Wildman–Crippen LogP) is 3.09. The first-order valence-corrected chi connectivity index (χ1v) is 7.86. The second-order valence-electron chi connectivity index (χ2n) is 5.56. The third-order valence-corrected chi connectivity index (χ3v) is 3.52. The molecule has 0 saturated carbocycles. The summed E-state index contributed by atoms with van der Waals surface area (Å²) in [5.74, 6) is 1.11. The summed E-state index contributed by atoms with van der Waals surface area (Å²) >= 11 is 0. The van der Waals surface area contributed by atoms with Crippen molar-refractivity contribution in [2.45, 2.75) is 19.8 Å². The van der Waals surface area contributed by atoms with E-state index < -0.39 is 0 Å². The second-order valence-corrected chi connectivity index (χ2v) is 5.56. The standard InChI is InChI=1S/C17H20N6O/c1-3-4-14-11-16(21-20-14)19-17(24)12-5-7-13(8-6-12)18-15-9-10-23(2)22-15/h5-11H,3-4H2,1-2H3,(H,18,22)(H2,19,20,21,24). The third kappa shape index (κ3) is 3.81. The van der Waals surface area contributed by atoms with E-state index in [1.165, 1.54) is 0 Å². The predicted molar refractivity (Wildman–Crippen MR) is 93.5 cm³/mol. The molecular weight excluding hydrogens is 304 g/mol. The number of amides is 1. The summed E-state index contributed by atoms with van der Waals surface area (Å²) in [7, 11) is 1.86. The summed E-state index contributed by atoms with van der Waals surface area (Å²) in [6.07, 6.45) is 3.80. The first-order chi connectivity index (χ1) is 11.6. The fraction of sp³-hybridized carbons (Fsp3) is 0.235. The van der Waals surface area contributed by atoms with Crippen molar-refractivity contribution in [3.05, 3.63) is 53.9 Å². The number of H-pyrrole nitrogens is 1. The van der Waals surface area contributed by atoms with E-state index in [1.807, 2.05) is 37.5 Å². The van der Waals surface area contributed by atoms with Gasteiger partial charge in [-0.1, -0.05) is 13.3 Å². The SMILES string of the molecule is CCCc1cc(NC(=O)c2ccc(Nc3ccn(C)n3)cc2)n[nH]1. The van der Waals surface area contributed by atoms with Crippen molar-refractivity contribution < 1.29 is 4.79 Å². The van der Waals surface area contributed by atoms with Gasteiger partial charge in [0.1, 0.15) is 0 Å². The molecule has 0 aliphatic carbocycles. The van der Waals surface area contributed by atoms with Gasteiger partial charge in [-0.15, -0.1) is 0 Å². The molecule has 2 aromatic heterocycles. The minimum Gasteiger partial charge on any atom is -0.339 e. The maximum absolute atomic E-state index is 12.3. The minimum atomic E-state index is -0.186. The van der Waals surface area contributed by atoms with Gasteiger partial charge in [0.05, 0.1) is 0 Å². The van der Waals surface area contributed by atoms with Gasteiger partial charge in [0, 0.05) is 42.3 Å². The monoisotopic (exact) mass is 324 g/mol. The van der Waals surface area contributed by atoms with Crippen LogP contribution in [0.15, 0.2) is 42.6 Å². The average Bonchev–Trinajstić information content (AvgIpc) is 3.17. The maximum Gasteiger partial charge on any atom is 0.256 e. The molecule has 7 heteroatoms. The summed E-state index contributed by atoms with van der Waals surface area (Å²) < 4.78 is 1.72. The number of hydrogen-bond acceptors (Lipinski definition) is 4. The number of benzene rings is 1. The van der Waals surface area contributed by atoms with Crippen molar-refractivity contribution in [1.82, 2.24) is 20.0 Å². The molecule has 3 rings (SSSR count). The molecule has 0 bridgehead atoms. The van der Waals surface area contributed by atoms with Gasteiger partial charge >= 0.3 is 0 Å². The number of rotatable bonds is 6. The molecule has 7 nitrogen and oxygen atoms in total. The smallest absolute Gasteiger partial charge is 0.256 e. The van der Waals surface area contributed by atoms with Gasteiger partial charge < -0.3 is 10.6 Å². The average molecular weight is 324 g/mol. The Labute approximate surface area is 140 Å². The highest BCUT2D eigenvalue weighted by atomic mass is 16.1. The molecule has 1 aromatic carbocycles. The molecule has 0 fully saturated rings. The van der Waals surface area contributed by atoms with Gasteiger partial charge in [-0.25, -0.2) is 0 Å². The van der Waals surface area contributed by atoms with E-state index in [1.54, 1.807) is 16.8 Å². The van der Waals surface area contributed by atoms with Crippen molar-refractivity contribution in [1.29, 1.82) is 0 Å². The number of carbonyl (C=O) groups excluding carboxylic acids is 1. The van der Waals surface area contributed by atoms with Crippen molar-refractivity contribution in [2.75, 3.05) is 10.6 Å². The molecule has 0 aliphatic rings. The molecule has 3 aromatic rings. The minimum absolute atomic E-state index is 0.186. The third-order valence-electron chi connectivity index (χ3n) is 3.52. The van der Waals surface area contributed by atoms with Crippen LogP contribution in [0.5, 0.6) is 0 Å². The quantitative estimate of drug-likeness (QED) is 0.650. The molecule has 2 heterocycles. The van der Waals surface area contributed by atoms with Crippen LogP contribution in [0, 0.1) is 0 Å². The van der Waals surface area contributed by atoms with Crippen LogP contribution in [-0.4, -0.2) is 25.9 Å².